The van der Waals surface area contributed by atoms with Gasteiger partial charge < -0.3 is 10.1 Å². The topological polar surface area (TPSA) is 38.3 Å². The maximum atomic E-state index is 12.4. The van der Waals surface area contributed by atoms with E-state index in [0.717, 1.165) is 12.1 Å². The van der Waals surface area contributed by atoms with E-state index in [0.29, 0.717) is 25.6 Å². The molecule has 1 heterocycles. The number of hydrogen-bond donors (Lipinski definition) is 1. The Balaban J connectivity index is 1.96. The van der Waals surface area contributed by atoms with Crippen molar-refractivity contribution in [3.63, 3.8) is 0 Å². The summed E-state index contributed by atoms with van der Waals surface area (Å²) in [6, 6.07) is 8.58. The van der Waals surface area contributed by atoms with Crippen molar-refractivity contribution in [3.05, 3.63) is 35.4 Å². The molecular weight excluding hydrogens is 250 g/mol. The van der Waals surface area contributed by atoms with E-state index in [4.69, 9.17) is 4.74 Å². The molecule has 2 atom stereocenters. The van der Waals surface area contributed by atoms with Crippen LogP contribution in [0.25, 0.3) is 0 Å². The zero-order chi connectivity index (χ0) is 14.5. The van der Waals surface area contributed by atoms with E-state index in [1.165, 1.54) is 5.56 Å². The van der Waals surface area contributed by atoms with E-state index in [-0.39, 0.29) is 17.7 Å². The Bertz CT molecular complexity index is 439. The van der Waals surface area contributed by atoms with Crippen LogP contribution in [0.15, 0.2) is 24.3 Å². The summed E-state index contributed by atoms with van der Waals surface area (Å²) >= 11 is 0. The van der Waals surface area contributed by atoms with Crippen molar-refractivity contribution < 1.29 is 9.53 Å². The lowest BCUT2D eigenvalue weighted by atomic mass is 9.92. The Morgan fingerprint density at radius 1 is 1.30 bits per heavy atom. The fraction of sp³-hybridized carbons (Fsp3) is 0.588. The van der Waals surface area contributed by atoms with E-state index < -0.39 is 0 Å². The summed E-state index contributed by atoms with van der Waals surface area (Å²) in [5, 5.41) is 3.34. The molecule has 3 heteroatoms. The van der Waals surface area contributed by atoms with Gasteiger partial charge in [-0.15, -0.1) is 0 Å². The molecule has 0 amide bonds. The summed E-state index contributed by atoms with van der Waals surface area (Å²) in [5.74, 6) is 0.812. The van der Waals surface area contributed by atoms with Crippen molar-refractivity contribution in [2.24, 2.45) is 5.92 Å². The quantitative estimate of drug-likeness (QED) is 0.867. The van der Waals surface area contributed by atoms with Gasteiger partial charge in [0.25, 0.3) is 0 Å². The van der Waals surface area contributed by atoms with Gasteiger partial charge in [-0.05, 0) is 23.6 Å². The molecule has 3 nitrogen and oxygen atoms in total. The first-order chi connectivity index (χ1) is 9.61. The van der Waals surface area contributed by atoms with E-state index in [2.05, 4.69) is 50.4 Å². The SMILES string of the molecule is CCNC1COCC1C(=O)Cc1ccc(C(C)C)cc1. The Morgan fingerprint density at radius 3 is 2.60 bits per heavy atom. The van der Waals surface area contributed by atoms with Gasteiger partial charge in [0.15, 0.2) is 0 Å². The molecule has 1 aliphatic rings. The second-order valence-electron chi connectivity index (χ2n) is 5.85. The van der Waals surface area contributed by atoms with Crippen LogP contribution in [0.1, 0.15) is 37.8 Å². The molecule has 1 aromatic rings. The molecule has 2 rings (SSSR count). The maximum absolute atomic E-state index is 12.4. The Morgan fingerprint density at radius 2 is 2.00 bits per heavy atom. The van der Waals surface area contributed by atoms with Crippen LogP contribution in [0, 0.1) is 5.92 Å². The van der Waals surface area contributed by atoms with Gasteiger partial charge >= 0.3 is 0 Å². The Hall–Kier alpha value is -1.19. The molecular formula is C17H25NO2. The maximum Gasteiger partial charge on any atom is 0.144 e. The lowest BCUT2D eigenvalue weighted by molar-refractivity contribution is -0.122. The van der Waals surface area contributed by atoms with Crippen LogP contribution in [0.3, 0.4) is 0 Å². The average Bonchev–Trinajstić information content (AvgIpc) is 2.88. The van der Waals surface area contributed by atoms with E-state index in [1.807, 2.05) is 0 Å². The van der Waals surface area contributed by atoms with Crippen molar-refractivity contribution in [2.75, 3.05) is 19.8 Å². The molecule has 1 aliphatic heterocycles. The molecule has 20 heavy (non-hydrogen) atoms. The largest absolute Gasteiger partial charge is 0.379 e. The lowest BCUT2D eigenvalue weighted by Crippen LogP contribution is -2.39. The molecule has 0 spiro atoms. The number of ketones is 1. The predicted octanol–water partition coefficient (Wildman–Crippen LogP) is 2.55. The minimum atomic E-state index is -0.000254. The highest BCUT2D eigenvalue weighted by molar-refractivity contribution is 5.84. The first-order valence-corrected chi connectivity index (χ1v) is 7.54. The van der Waals surface area contributed by atoms with Gasteiger partial charge in [-0.1, -0.05) is 45.0 Å². The van der Waals surface area contributed by atoms with Gasteiger partial charge in [0.05, 0.1) is 19.1 Å². The average molecular weight is 275 g/mol. The fourth-order valence-corrected chi connectivity index (χ4v) is 2.69. The molecule has 110 valence electrons. The molecule has 1 aromatic carbocycles. The van der Waals surface area contributed by atoms with Crippen molar-refractivity contribution in [2.45, 2.75) is 39.2 Å². The van der Waals surface area contributed by atoms with Gasteiger partial charge in [0.2, 0.25) is 0 Å². The molecule has 0 aromatic heterocycles. The zero-order valence-electron chi connectivity index (χ0n) is 12.7. The summed E-state index contributed by atoms with van der Waals surface area (Å²) in [4.78, 5) is 12.4. The minimum Gasteiger partial charge on any atom is -0.379 e. The normalized spacial score (nSPS) is 22.4. The van der Waals surface area contributed by atoms with Crippen LogP contribution in [-0.2, 0) is 16.0 Å². The fourth-order valence-electron chi connectivity index (χ4n) is 2.69. The number of benzene rings is 1. The number of likely N-dealkylation sites (N-methyl/N-ethyl adjacent to an activating group) is 1. The number of carbonyl (C=O) groups excluding carboxylic acids is 1. The van der Waals surface area contributed by atoms with Crippen molar-refractivity contribution in [3.8, 4) is 0 Å². The van der Waals surface area contributed by atoms with Gasteiger partial charge in [0.1, 0.15) is 5.78 Å². The van der Waals surface area contributed by atoms with Gasteiger partial charge in [-0.25, -0.2) is 0 Å². The summed E-state index contributed by atoms with van der Waals surface area (Å²) < 4.78 is 5.45. The second-order valence-corrected chi connectivity index (χ2v) is 5.85. The minimum absolute atomic E-state index is 0.000254. The zero-order valence-corrected chi connectivity index (χ0v) is 12.7. The van der Waals surface area contributed by atoms with Gasteiger partial charge in [-0.2, -0.15) is 0 Å². The molecule has 1 saturated heterocycles. The Kier molecular flexibility index (Phi) is 5.32. The third kappa shape index (κ3) is 3.68. The molecule has 1 N–H and O–H groups in total. The van der Waals surface area contributed by atoms with Crippen LogP contribution in [0.5, 0.6) is 0 Å². The summed E-state index contributed by atoms with van der Waals surface area (Å²) in [6.07, 6.45) is 0.508. The standard InChI is InChI=1S/C17H25NO2/c1-4-18-16-11-20-10-15(16)17(19)9-13-5-7-14(8-6-13)12(2)3/h5-8,12,15-16,18H,4,9-11H2,1-3H3. The highest BCUT2D eigenvalue weighted by atomic mass is 16.5. The summed E-state index contributed by atoms with van der Waals surface area (Å²) in [5.41, 5.74) is 2.41. The van der Waals surface area contributed by atoms with E-state index >= 15 is 0 Å². The highest BCUT2D eigenvalue weighted by Crippen LogP contribution is 2.19. The molecule has 0 bridgehead atoms. The van der Waals surface area contributed by atoms with Gasteiger partial charge in [0, 0.05) is 12.5 Å². The monoisotopic (exact) mass is 275 g/mol. The first kappa shape index (κ1) is 15.2. The highest BCUT2D eigenvalue weighted by Gasteiger charge is 2.32. The molecule has 0 saturated carbocycles. The number of rotatable bonds is 6. The smallest absolute Gasteiger partial charge is 0.144 e. The molecule has 0 radical (unpaired) electrons. The summed E-state index contributed by atoms with van der Waals surface area (Å²) in [6.45, 7) is 8.50. The number of carbonyl (C=O) groups is 1. The second kappa shape index (κ2) is 7.00. The number of hydrogen-bond acceptors (Lipinski definition) is 3. The van der Waals surface area contributed by atoms with Crippen molar-refractivity contribution in [1.82, 2.24) is 5.32 Å². The van der Waals surface area contributed by atoms with E-state index in [9.17, 15) is 4.79 Å². The summed E-state index contributed by atoms with van der Waals surface area (Å²) in [7, 11) is 0. The van der Waals surface area contributed by atoms with Crippen molar-refractivity contribution >= 4 is 5.78 Å². The van der Waals surface area contributed by atoms with Crippen LogP contribution >= 0.6 is 0 Å². The number of ether oxygens (including phenoxy) is 1. The van der Waals surface area contributed by atoms with Crippen LogP contribution in [0.4, 0.5) is 0 Å². The number of nitrogens with one attached hydrogen (secondary N) is 1. The third-order valence-electron chi connectivity index (χ3n) is 3.99. The van der Waals surface area contributed by atoms with Crippen LogP contribution in [0.2, 0.25) is 0 Å². The van der Waals surface area contributed by atoms with E-state index in [1.54, 1.807) is 0 Å². The predicted molar refractivity (Wildman–Crippen MR) is 81.0 cm³/mol. The Labute approximate surface area is 121 Å². The molecule has 2 unspecified atom stereocenters. The van der Waals surface area contributed by atoms with Crippen molar-refractivity contribution in [1.29, 1.82) is 0 Å². The first-order valence-electron chi connectivity index (χ1n) is 7.54. The third-order valence-corrected chi connectivity index (χ3v) is 3.99. The van der Waals surface area contributed by atoms with Crippen LogP contribution in [-0.4, -0.2) is 31.6 Å². The number of Topliss-reactive ketones (excluding diaryl/α,β-unsaturated/α-hetero) is 1. The molecule has 1 fully saturated rings. The van der Waals surface area contributed by atoms with Crippen LogP contribution < -0.4 is 5.32 Å². The molecule has 0 aliphatic carbocycles. The van der Waals surface area contributed by atoms with Gasteiger partial charge in [-0.3, -0.25) is 4.79 Å². The lowest BCUT2D eigenvalue weighted by Gasteiger charge is -2.17.